The molecule has 8 heteroatoms. The number of nitrogens with zero attached hydrogens (tertiary/aromatic N) is 2. The molecule has 3 aromatic rings. The number of amides is 1. The van der Waals surface area contributed by atoms with Gasteiger partial charge in [-0.2, -0.15) is 0 Å². The third-order valence-corrected chi connectivity index (χ3v) is 6.41. The molecule has 0 unspecified atom stereocenters. The molecule has 5 N–H and O–H groups in total. The second-order valence-electron chi connectivity index (χ2n) is 9.15. The highest BCUT2D eigenvalue weighted by Crippen LogP contribution is 2.18. The lowest BCUT2D eigenvalue weighted by molar-refractivity contribution is -0.122. The Kier molecular flexibility index (Phi) is 8.87. The Bertz CT molecular complexity index is 1030. The SMILES string of the molecule is C[C@H](NCc1ccccn1)C(=O)NCc1ccc2nc(NCCCNC3CCCCC3)[nH]c2c1. The molecule has 2 heterocycles. The lowest BCUT2D eigenvalue weighted by atomic mass is 9.95. The molecule has 1 aliphatic rings. The van der Waals surface area contributed by atoms with E-state index in [9.17, 15) is 4.79 Å². The average molecular weight is 464 g/mol. The van der Waals surface area contributed by atoms with E-state index in [-0.39, 0.29) is 11.9 Å². The highest BCUT2D eigenvalue weighted by atomic mass is 16.2. The molecule has 4 rings (SSSR count). The van der Waals surface area contributed by atoms with Crippen molar-refractivity contribution in [3.8, 4) is 0 Å². The van der Waals surface area contributed by atoms with Crippen molar-refractivity contribution < 1.29 is 4.79 Å². The van der Waals surface area contributed by atoms with Crippen molar-refractivity contribution in [3.05, 3.63) is 53.9 Å². The fourth-order valence-electron chi connectivity index (χ4n) is 4.35. The van der Waals surface area contributed by atoms with Gasteiger partial charge < -0.3 is 26.3 Å². The molecule has 0 saturated heterocycles. The molecule has 182 valence electrons. The zero-order valence-corrected chi connectivity index (χ0v) is 20.1. The van der Waals surface area contributed by atoms with Crippen LogP contribution in [0.1, 0.15) is 56.7 Å². The van der Waals surface area contributed by atoms with Gasteiger partial charge in [-0.25, -0.2) is 4.98 Å². The first kappa shape index (κ1) is 24.2. The van der Waals surface area contributed by atoms with E-state index in [0.29, 0.717) is 19.1 Å². The number of H-pyrrole nitrogens is 1. The number of rotatable bonds is 12. The second-order valence-corrected chi connectivity index (χ2v) is 9.15. The molecule has 0 bridgehead atoms. The zero-order valence-electron chi connectivity index (χ0n) is 20.1. The summed E-state index contributed by atoms with van der Waals surface area (Å²) in [5.74, 6) is 0.756. The number of hydrogen-bond donors (Lipinski definition) is 5. The minimum absolute atomic E-state index is 0.0372. The Balaban J connectivity index is 1.18. The van der Waals surface area contributed by atoms with Crippen LogP contribution in [-0.4, -0.2) is 46.0 Å². The number of aromatic amines is 1. The molecular formula is C26H37N7O. The summed E-state index contributed by atoms with van der Waals surface area (Å²) < 4.78 is 0. The molecule has 1 amide bonds. The number of hydrogen-bond acceptors (Lipinski definition) is 6. The number of nitrogens with one attached hydrogen (secondary N) is 5. The molecule has 1 aliphatic carbocycles. The highest BCUT2D eigenvalue weighted by molar-refractivity contribution is 5.82. The van der Waals surface area contributed by atoms with Gasteiger partial charge in [-0.3, -0.25) is 9.78 Å². The van der Waals surface area contributed by atoms with E-state index in [2.05, 4.69) is 36.2 Å². The summed E-state index contributed by atoms with van der Waals surface area (Å²) in [6, 6.07) is 12.2. The maximum atomic E-state index is 12.4. The Hall–Kier alpha value is -2.97. The molecule has 34 heavy (non-hydrogen) atoms. The van der Waals surface area contributed by atoms with Crippen LogP contribution >= 0.6 is 0 Å². The first-order valence-electron chi connectivity index (χ1n) is 12.5. The van der Waals surface area contributed by atoms with E-state index < -0.39 is 0 Å². The maximum Gasteiger partial charge on any atom is 0.237 e. The van der Waals surface area contributed by atoms with Gasteiger partial charge in [0, 0.05) is 31.9 Å². The Morgan fingerprint density at radius 2 is 2.00 bits per heavy atom. The molecular weight excluding hydrogens is 426 g/mol. The summed E-state index contributed by atoms with van der Waals surface area (Å²) in [6.45, 7) is 4.81. The van der Waals surface area contributed by atoms with E-state index in [1.807, 2.05) is 43.3 Å². The Morgan fingerprint density at radius 1 is 1.12 bits per heavy atom. The van der Waals surface area contributed by atoms with Gasteiger partial charge in [-0.1, -0.05) is 31.4 Å². The van der Waals surface area contributed by atoms with Crippen molar-refractivity contribution in [2.24, 2.45) is 0 Å². The van der Waals surface area contributed by atoms with E-state index in [4.69, 9.17) is 0 Å². The molecule has 0 aliphatic heterocycles. The van der Waals surface area contributed by atoms with Gasteiger partial charge >= 0.3 is 0 Å². The van der Waals surface area contributed by atoms with Crippen LogP contribution in [0.5, 0.6) is 0 Å². The second kappa shape index (κ2) is 12.5. The lowest BCUT2D eigenvalue weighted by Crippen LogP contribution is -2.41. The molecule has 8 nitrogen and oxygen atoms in total. The topological polar surface area (TPSA) is 107 Å². The highest BCUT2D eigenvalue weighted by Gasteiger charge is 2.13. The van der Waals surface area contributed by atoms with Gasteiger partial charge in [0.2, 0.25) is 11.9 Å². The van der Waals surface area contributed by atoms with Gasteiger partial charge in [-0.05, 0) is 62.6 Å². The van der Waals surface area contributed by atoms with Crippen LogP contribution in [0.4, 0.5) is 5.95 Å². The third-order valence-electron chi connectivity index (χ3n) is 6.41. The normalized spacial score (nSPS) is 15.3. The van der Waals surface area contributed by atoms with Crippen LogP contribution in [0.15, 0.2) is 42.6 Å². The summed E-state index contributed by atoms with van der Waals surface area (Å²) in [5, 5.41) is 13.3. The quantitative estimate of drug-likeness (QED) is 0.263. The smallest absolute Gasteiger partial charge is 0.237 e. The van der Waals surface area contributed by atoms with E-state index >= 15 is 0 Å². The number of benzene rings is 1. The van der Waals surface area contributed by atoms with Crippen molar-refractivity contribution in [3.63, 3.8) is 0 Å². The van der Waals surface area contributed by atoms with Crippen molar-refractivity contribution >= 4 is 22.9 Å². The summed E-state index contributed by atoms with van der Waals surface area (Å²) in [6.07, 6.45) is 9.58. The zero-order chi connectivity index (χ0) is 23.6. The summed E-state index contributed by atoms with van der Waals surface area (Å²) in [7, 11) is 0. The van der Waals surface area contributed by atoms with Crippen LogP contribution in [0, 0.1) is 0 Å². The lowest BCUT2D eigenvalue weighted by Gasteiger charge is -2.22. The standard InChI is InChI=1S/C26H37N7O/c1-19(30-18-22-10-5-6-13-28-22)25(34)31-17-20-11-12-23-24(16-20)33-26(32-23)29-15-7-14-27-21-8-3-2-4-9-21/h5-6,10-13,16,19,21,27,30H,2-4,7-9,14-15,17-18H2,1H3,(H,31,34)(H2,29,32,33)/t19-/m0/s1. The first-order chi connectivity index (χ1) is 16.7. The van der Waals surface area contributed by atoms with Crippen LogP contribution in [0.3, 0.4) is 0 Å². The third kappa shape index (κ3) is 7.27. The monoisotopic (exact) mass is 463 g/mol. The number of fused-ring (bicyclic) bond motifs is 1. The van der Waals surface area contributed by atoms with Crippen LogP contribution in [0.2, 0.25) is 0 Å². The minimum Gasteiger partial charge on any atom is -0.356 e. The van der Waals surface area contributed by atoms with Gasteiger partial charge in [0.05, 0.1) is 22.8 Å². The summed E-state index contributed by atoms with van der Waals surface area (Å²) in [4.78, 5) is 24.7. The molecule has 0 radical (unpaired) electrons. The number of carbonyl (C=O) groups excluding carboxylic acids is 1. The average Bonchev–Trinajstić information content (AvgIpc) is 3.29. The van der Waals surface area contributed by atoms with E-state index in [1.54, 1.807) is 6.20 Å². The van der Waals surface area contributed by atoms with Crippen LogP contribution in [0.25, 0.3) is 11.0 Å². The fourth-order valence-corrected chi connectivity index (χ4v) is 4.35. The molecule has 1 fully saturated rings. The van der Waals surface area contributed by atoms with Crippen molar-refractivity contribution in [2.45, 2.75) is 70.6 Å². The fraction of sp³-hybridized carbons (Fsp3) is 0.500. The van der Waals surface area contributed by atoms with Gasteiger partial charge in [-0.15, -0.1) is 0 Å². The Morgan fingerprint density at radius 3 is 2.82 bits per heavy atom. The largest absolute Gasteiger partial charge is 0.356 e. The number of anilines is 1. The molecule has 1 atom stereocenters. The summed E-state index contributed by atoms with van der Waals surface area (Å²) >= 11 is 0. The predicted molar refractivity (Wildman–Crippen MR) is 136 cm³/mol. The molecule has 1 aromatic carbocycles. The van der Waals surface area contributed by atoms with Crippen molar-refractivity contribution in [1.82, 2.24) is 30.9 Å². The first-order valence-corrected chi connectivity index (χ1v) is 12.5. The van der Waals surface area contributed by atoms with Gasteiger partial charge in [0.25, 0.3) is 0 Å². The molecule has 2 aromatic heterocycles. The van der Waals surface area contributed by atoms with Gasteiger partial charge in [0.15, 0.2) is 0 Å². The number of pyridine rings is 1. The van der Waals surface area contributed by atoms with Crippen LogP contribution < -0.4 is 21.3 Å². The van der Waals surface area contributed by atoms with Crippen molar-refractivity contribution in [2.75, 3.05) is 18.4 Å². The van der Waals surface area contributed by atoms with Crippen molar-refractivity contribution in [1.29, 1.82) is 0 Å². The summed E-state index contributed by atoms with van der Waals surface area (Å²) in [5.41, 5.74) is 3.83. The molecule has 0 spiro atoms. The predicted octanol–water partition coefficient (Wildman–Crippen LogP) is 3.48. The van der Waals surface area contributed by atoms with Crippen LogP contribution in [-0.2, 0) is 17.9 Å². The van der Waals surface area contributed by atoms with Gasteiger partial charge in [0.1, 0.15) is 0 Å². The van der Waals surface area contributed by atoms with E-state index in [0.717, 1.165) is 47.7 Å². The molecule has 1 saturated carbocycles. The number of aromatic nitrogens is 3. The minimum atomic E-state index is -0.304. The maximum absolute atomic E-state index is 12.4. The van der Waals surface area contributed by atoms with E-state index in [1.165, 1.54) is 32.1 Å². The number of carbonyl (C=O) groups is 1. The Labute approximate surface area is 201 Å². The number of imidazole rings is 1.